The van der Waals surface area contributed by atoms with Crippen molar-refractivity contribution >= 4 is 43.2 Å². The summed E-state index contributed by atoms with van der Waals surface area (Å²) in [5.41, 5.74) is 0.434. The largest absolute Gasteiger partial charge is 0.352 e. The van der Waals surface area contributed by atoms with E-state index in [1.807, 2.05) is 0 Å². The van der Waals surface area contributed by atoms with Gasteiger partial charge in [0, 0.05) is 31.1 Å². The summed E-state index contributed by atoms with van der Waals surface area (Å²) in [7, 11) is -3.51. The van der Waals surface area contributed by atoms with Crippen LogP contribution in [0.15, 0.2) is 44.4 Å². The molecule has 0 atom stereocenters. The Morgan fingerprint density at radius 1 is 1.23 bits per heavy atom. The molecule has 0 radical (unpaired) electrons. The van der Waals surface area contributed by atoms with Crippen LogP contribution in [-0.2, 0) is 21.4 Å². The van der Waals surface area contributed by atoms with Gasteiger partial charge >= 0.3 is 0 Å². The smallest absolute Gasteiger partial charge is 0.252 e. The predicted octanol–water partition coefficient (Wildman–Crippen LogP) is 3.37. The molecule has 0 unspecified atom stereocenters. The van der Waals surface area contributed by atoms with E-state index in [4.69, 9.17) is 0 Å². The highest BCUT2D eigenvalue weighted by molar-refractivity contribution is 9.11. The molecule has 1 aromatic carbocycles. The molecule has 1 aromatic heterocycles. The van der Waals surface area contributed by atoms with Gasteiger partial charge in [-0.15, -0.1) is 11.3 Å². The van der Waals surface area contributed by atoms with Crippen LogP contribution in [0.5, 0.6) is 0 Å². The van der Waals surface area contributed by atoms with E-state index in [-0.39, 0.29) is 24.2 Å². The van der Waals surface area contributed by atoms with Crippen LogP contribution in [-0.4, -0.2) is 31.7 Å². The van der Waals surface area contributed by atoms with Crippen LogP contribution in [0.2, 0.25) is 0 Å². The van der Waals surface area contributed by atoms with Gasteiger partial charge in [0.2, 0.25) is 5.91 Å². The third-order valence-electron chi connectivity index (χ3n) is 4.38. The number of amides is 1. The molecule has 26 heavy (non-hydrogen) atoms. The quantitative estimate of drug-likeness (QED) is 0.743. The van der Waals surface area contributed by atoms with Gasteiger partial charge in [0.05, 0.1) is 3.79 Å². The summed E-state index contributed by atoms with van der Waals surface area (Å²) >= 11 is 4.45. The molecule has 0 aliphatic carbocycles. The Hall–Kier alpha value is -1.29. The molecule has 3 rings (SSSR count). The number of piperidine rings is 1. The molecule has 1 aliphatic rings. The van der Waals surface area contributed by atoms with Gasteiger partial charge in [0.1, 0.15) is 10.0 Å². The SMILES string of the molecule is O=C(NCc1ccccc1F)C1CCN(S(=O)(=O)c2ccc(Br)s2)CC1. The van der Waals surface area contributed by atoms with E-state index in [1.54, 1.807) is 30.3 Å². The highest BCUT2D eigenvalue weighted by Gasteiger charge is 2.32. The van der Waals surface area contributed by atoms with Gasteiger partial charge < -0.3 is 5.32 Å². The molecule has 1 N–H and O–H groups in total. The highest BCUT2D eigenvalue weighted by atomic mass is 79.9. The maximum absolute atomic E-state index is 13.6. The molecule has 1 amide bonds. The normalized spacial score (nSPS) is 16.5. The molecule has 9 heteroatoms. The lowest BCUT2D eigenvalue weighted by atomic mass is 9.97. The summed E-state index contributed by atoms with van der Waals surface area (Å²) in [6, 6.07) is 9.59. The molecule has 1 fully saturated rings. The summed E-state index contributed by atoms with van der Waals surface area (Å²) in [6.07, 6.45) is 0.907. The van der Waals surface area contributed by atoms with Gasteiger partial charge in [-0.3, -0.25) is 4.79 Å². The Labute approximate surface area is 164 Å². The minimum atomic E-state index is -3.51. The third kappa shape index (κ3) is 4.33. The Morgan fingerprint density at radius 2 is 1.92 bits per heavy atom. The number of nitrogens with zero attached hydrogens (tertiary/aromatic N) is 1. The van der Waals surface area contributed by atoms with Gasteiger partial charge in [0.25, 0.3) is 10.0 Å². The van der Waals surface area contributed by atoms with Crippen molar-refractivity contribution in [1.29, 1.82) is 0 Å². The van der Waals surface area contributed by atoms with Crippen molar-refractivity contribution in [2.45, 2.75) is 23.6 Å². The van der Waals surface area contributed by atoms with Crippen molar-refractivity contribution in [3.63, 3.8) is 0 Å². The predicted molar refractivity (Wildman–Crippen MR) is 102 cm³/mol. The first kappa shape index (κ1) is 19.5. The number of rotatable bonds is 5. The third-order valence-corrected chi connectivity index (χ3v) is 8.37. The van der Waals surface area contributed by atoms with E-state index in [2.05, 4.69) is 21.2 Å². The highest BCUT2D eigenvalue weighted by Crippen LogP contribution is 2.30. The lowest BCUT2D eigenvalue weighted by Crippen LogP contribution is -2.42. The second-order valence-electron chi connectivity index (χ2n) is 6.05. The molecule has 1 aliphatic heterocycles. The molecule has 0 saturated carbocycles. The molecular formula is C17H18BrFN2O3S2. The number of carbonyl (C=O) groups excluding carboxylic acids is 1. The Morgan fingerprint density at radius 3 is 2.54 bits per heavy atom. The van der Waals surface area contributed by atoms with Crippen LogP contribution >= 0.6 is 27.3 Å². The zero-order chi connectivity index (χ0) is 18.7. The first-order valence-corrected chi connectivity index (χ1v) is 11.2. The lowest BCUT2D eigenvalue weighted by molar-refractivity contribution is -0.126. The maximum Gasteiger partial charge on any atom is 0.252 e. The fourth-order valence-corrected chi connectivity index (χ4v) is 6.52. The van der Waals surface area contributed by atoms with Crippen molar-refractivity contribution < 1.29 is 17.6 Å². The zero-order valence-electron chi connectivity index (χ0n) is 13.8. The Balaban J connectivity index is 1.55. The standard InChI is InChI=1S/C17H18BrFN2O3S2/c18-15-5-6-16(25-15)26(23,24)21-9-7-12(8-10-21)17(22)20-11-13-3-1-2-4-14(13)19/h1-6,12H,7-11H2,(H,20,22). The number of hydrogen-bond acceptors (Lipinski definition) is 4. The Bertz CT molecular complexity index is 893. The van der Waals surface area contributed by atoms with Gasteiger partial charge in [-0.05, 0) is 47.0 Å². The Kier molecular flexibility index (Phi) is 6.11. The van der Waals surface area contributed by atoms with Crippen LogP contribution in [0, 0.1) is 11.7 Å². The fourth-order valence-electron chi connectivity index (χ4n) is 2.89. The molecule has 0 bridgehead atoms. The van der Waals surface area contributed by atoms with Crippen LogP contribution in [0.4, 0.5) is 4.39 Å². The molecule has 140 valence electrons. The van der Waals surface area contributed by atoms with Crippen LogP contribution in [0.3, 0.4) is 0 Å². The van der Waals surface area contributed by atoms with Crippen molar-refractivity contribution in [2.24, 2.45) is 5.92 Å². The molecule has 2 aromatic rings. The van der Waals surface area contributed by atoms with Crippen molar-refractivity contribution in [1.82, 2.24) is 9.62 Å². The van der Waals surface area contributed by atoms with E-state index in [0.29, 0.717) is 35.7 Å². The molecule has 2 heterocycles. The topological polar surface area (TPSA) is 66.5 Å². The number of hydrogen-bond donors (Lipinski definition) is 1. The van der Waals surface area contributed by atoms with Crippen molar-refractivity contribution in [3.05, 3.63) is 51.6 Å². The van der Waals surface area contributed by atoms with Gasteiger partial charge in [0.15, 0.2) is 0 Å². The molecule has 5 nitrogen and oxygen atoms in total. The van der Waals surface area contributed by atoms with Gasteiger partial charge in [-0.2, -0.15) is 4.31 Å². The van der Waals surface area contributed by atoms with Gasteiger partial charge in [-0.1, -0.05) is 18.2 Å². The maximum atomic E-state index is 13.6. The number of nitrogens with one attached hydrogen (secondary N) is 1. The van der Waals surface area contributed by atoms with Crippen LogP contribution < -0.4 is 5.32 Å². The summed E-state index contributed by atoms with van der Waals surface area (Å²) in [4.78, 5) is 12.3. The van der Waals surface area contributed by atoms with E-state index >= 15 is 0 Å². The minimum Gasteiger partial charge on any atom is -0.352 e. The molecule has 1 saturated heterocycles. The molecular weight excluding hydrogens is 443 g/mol. The minimum absolute atomic E-state index is 0.132. The summed E-state index contributed by atoms with van der Waals surface area (Å²) in [5.74, 6) is -0.775. The van der Waals surface area contributed by atoms with Gasteiger partial charge in [-0.25, -0.2) is 12.8 Å². The van der Waals surface area contributed by atoms with E-state index in [0.717, 1.165) is 3.79 Å². The van der Waals surface area contributed by atoms with E-state index in [1.165, 1.54) is 21.7 Å². The number of carbonyl (C=O) groups is 1. The van der Waals surface area contributed by atoms with Crippen LogP contribution in [0.1, 0.15) is 18.4 Å². The second kappa shape index (κ2) is 8.16. The second-order valence-corrected chi connectivity index (χ2v) is 10.7. The van der Waals surface area contributed by atoms with E-state index in [9.17, 15) is 17.6 Å². The lowest BCUT2D eigenvalue weighted by Gasteiger charge is -2.30. The van der Waals surface area contributed by atoms with Crippen molar-refractivity contribution in [2.75, 3.05) is 13.1 Å². The zero-order valence-corrected chi connectivity index (χ0v) is 17.0. The number of thiophene rings is 1. The van der Waals surface area contributed by atoms with Crippen LogP contribution in [0.25, 0.3) is 0 Å². The number of halogens is 2. The first-order chi connectivity index (χ1) is 12.4. The molecule has 0 spiro atoms. The summed E-state index contributed by atoms with van der Waals surface area (Å²) in [6.45, 7) is 0.735. The average molecular weight is 461 g/mol. The average Bonchev–Trinajstić information content (AvgIpc) is 3.08. The monoisotopic (exact) mass is 460 g/mol. The summed E-state index contributed by atoms with van der Waals surface area (Å²) < 4.78 is 41.3. The fraction of sp³-hybridized carbons (Fsp3) is 0.353. The number of benzene rings is 1. The first-order valence-electron chi connectivity index (χ1n) is 8.14. The van der Waals surface area contributed by atoms with E-state index < -0.39 is 10.0 Å². The summed E-state index contributed by atoms with van der Waals surface area (Å²) in [5, 5.41) is 2.75. The number of sulfonamides is 1. The van der Waals surface area contributed by atoms with Crippen molar-refractivity contribution in [3.8, 4) is 0 Å².